The summed E-state index contributed by atoms with van der Waals surface area (Å²) in [5.41, 5.74) is 29.0. The highest BCUT2D eigenvalue weighted by molar-refractivity contribution is 6.11. The highest BCUT2D eigenvalue weighted by Gasteiger charge is 2.20. The number of hydrogen-bond donors (Lipinski definition) is 0. The highest BCUT2D eigenvalue weighted by Crippen LogP contribution is 2.42. The van der Waals surface area contributed by atoms with Gasteiger partial charge in [0.05, 0.1) is 44.8 Å². The summed E-state index contributed by atoms with van der Waals surface area (Å²) in [6.07, 6.45) is 0. The smallest absolute Gasteiger partial charge is 0.160 e. The number of furan rings is 2. The highest BCUT2D eigenvalue weighted by atomic mass is 16.3. The van der Waals surface area contributed by atoms with E-state index in [1.807, 2.05) is 54.6 Å². The largest absolute Gasteiger partial charge is 0.456 e. The molecular formula is C104H66N6O2. The Hall–Kier alpha value is -15.1. The van der Waals surface area contributed by atoms with Crippen LogP contribution in [-0.2, 0) is 0 Å². The van der Waals surface area contributed by atoms with E-state index in [4.69, 9.17) is 28.8 Å². The summed E-state index contributed by atoms with van der Waals surface area (Å²) in [6.45, 7) is 0. The van der Waals surface area contributed by atoms with Gasteiger partial charge in [-0.25, -0.2) is 19.9 Å². The van der Waals surface area contributed by atoms with Crippen LogP contribution in [0.2, 0.25) is 0 Å². The van der Waals surface area contributed by atoms with Crippen molar-refractivity contribution in [3.05, 3.63) is 400 Å². The zero-order valence-corrected chi connectivity index (χ0v) is 60.6. The number of benzene rings is 16. The summed E-state index contributed by atoms with van der Waals surface area (Å²) in [4.78, 5) is 20.8. The summed E-state index contributed by atoms with van der Waals surface area (Å²) in [6, 6.07) is 141. The fraction of sp³-hybridized carbons (Fsp3) is 0. The molecule has 0 radical (unpaired) electrons. The SMILES string of the molecule is c1ccc(-c2ccc(-c3cc(-c4cc(-c5ccc6oc7ccccc7c6c5)cc(-c5ccc6oc7ccccc7c6c5)c4)nc(-c4ccccc4)n3)cc2)cc1.c1ccc(-c2ccc(-c3nc(-c4ccc(-n5c6ccccc6c6ccccc65)cc4)cc(-c4ccc(-n5c6ccccc6c6ccccc65)cc4)n3)cc2)cc1. The van der Waals surface area contributed by atoms with Crippen LogP contribution in [0.15, 0.2) is 409 Å². The van der Waals surface area contributed by atoms with Crippen LogP contribution in [0.1, 0.15) is 0 Å². The van der Waals surface area contributed by atoms with Crippen LogP contribution in [0.4, 0.5) is 0 Å². The van der Waals surface area contributed by atoms with Crippen molar-refractivity contribution in [2.75, 3.05) is 0 Å². The van der Waals surface area contributed by atoms with Crippen LogP contribution in [0, 0.1) is 0 Å². The Morgan fingerprint density at radius 2 is 0.420 bits per heavy atom. The summed E-state index contributed by atoms with van der Waals surface area (Å²) in [5.74, 6) is 1.37. The van der Waals surface area contributed by atoms with Gasteiger partial charge in [0, 0.05) is 87.8 Å². The van der Waals surface area contributed by atoms with E-state index in [1.54, 1.807) is 0 Å². The minimum Gasteiger partial charge on any atom is -0.456 e. The molecular weight excluding hydrogens is 1370 g/mol. The average molecular weight is 1430 g/mol. The van der Waals surface area contributed by atoms with E-state index in [-0.39, 0.29) is 0 Å². The molecule has 0 aliphatic carbocycles. The van der Waals surface area contributed by atoms with Crippen molar-refractivity contribution in [1.29, 1.82) is 0 Å². The third-order valence-electron chi connectivity index (χ3n) is 21.7. The lowest BCUT2D eigenvalue weighted by atomic mass is 9.93. The molecule has 8 nitrogen and oxygen atoms in total. The minimum atomic E-state index is 0.676. The molecule has 0 fully saturated rings. The van der Waals surface area contributed by atoms with Gasteiger partial charge in [-0.1, -0.05) is 285 Å². The second-order valence-electron chi connectivity index (χ2n) is 28.4. The molecule has 0 saturated heterocycles. The fourth-order valence-electron chi connectivity index (χ4n) is 16.1. The summed E-state index contributed by atoms with van der Waals surface area (Å²) < 4.78 is 17.1. The topological polar surface area (TPSA) is 87.7 Å². The first kappa shape index (κ1) is 65.2. The maximum Gasteiger partial charge on any atom is 0.160 e. The number of hydrogen-bond acceptors (Lipinski definition) is 6. The fourth-order valence-corrected chi connectivity index (χ4v) is 16.1. The summed E-state index contributed by atoms with van der Waals surface area (Å²) in [7, 11) is 0. The van der Waals surface area contributed by atoms with Crippen LogP contribution < -0.4 is 0 Å². The van der Waals surface area contributed by atoms with Gasteiger partial charge in [0.25, 0.3) is 0 Å². The molecule has 8 heteroatoms. The number of rotatable bonds is 12. The standard InChI is InChI=1S/C52H34N4.C52H32N2O2/c1-2-12-35(13-3-1)36-22-24-39(25-23-36)52-53-46(37-26-30-40(31-27-37)55-48-18-8-4-14-42(48)43-15-5-9-19-49(43)55)34-47(54-52)38-28-32-41(33-29-38)56-50-20-10-6-16-44(50)45-17-7-11-21-51(45)56;1-3-11-33(12-4-1)34-19-21-35(22-20-34)46-32-47(54-52(53-46)36-13-5-2-6-14-36)41-28-39(37-23-25-50-44(30-37)42-15-7-9-17-48(42)55-50)27-40(29-41)38-24-26-51-45(31-38)43-16-8-10-18-49(43)56-51/h1-34H;1-32H. The van der Waals surface area contributed by atoms with Gasteiger partial charge in [-0.15, -0.1) is 0 Å². The average Bonchev–Trinajstić information content (AvgIpc) is 1.55. The third kappa shape index (κ3) is 11.9. The Morgan fingerprint density at radius 1 is 0.161 bits per heavy atom. The molecule has 0 amide bonds. The van der Waals surface area contributed by atoms with Crippen molar-refractivity contribution in [2.45, 2.75) is 0 Å². The van der Waals surface area contributed by atoms with E-state index >= 15 is 0 Å². The molecule has 22 rings (SSSR count). The van der Waals surface area contributed by atoms with Crippen molar-refractivity contribution in [1.82, 2.24) is 29.1 Å². The Balaban J connectivity index is 0.000000141. The lowest BCUT2D eigenvalue weighted by Crippen LogP contribution is -1.98. The molecule has 0 N–H and O–H groups in total. The summed E-state index contributed by atoms with van der Waals surface area (Å²) in [5, 5.41) is 9.38. The molecule has 112 heavy (non-hydrogen) atoms. The van der Waals surface area contributed by atoms with E-state index in [1.165, 1.54) is 54.7 Å². The van der Waals surface area contributed by atoms with Crippen molar-refractivity contribution >= 4 is 87.5 Å². The third-order valence-corrected chi connectivity index (χ3v) is 21.7. The van der Waals surface area contributed by atoms with Crippen LogP contribution in [0.3, 0.4) is 0 Å². The molecule has 22 aromatic rings. The first-order chi connectivity index (χ1) is 55.5. The van der Waals surface area contributed by atoms with Gasteiger partial charge in [-0.3, -0.25) is 0 Å². The normalized spacial score (nSPS) is 11.6. The van der Waals surface area contributed by atoms with Crippen molar-refractivity contribution in [3.8, 4) is 124 Å². The monoisotopic (exact) mass is 1430 g/mol. The molecule has 0 aliphatic rings. The molecule has 524 valence electrons. The lowest BCUT2D eigenvalue weighted by molar-refractivity contribution is 0.668. The molecule has 6 heterocycles. The maximum absolute atomic E-state index is 6.21. The second kappa shape index (κ2) is 27.6. The number of nitrogens with zero attached hydrogens (tertiary/aromatic N) is 6. The molecule has 0 unspecified atom stereocenters. The van der Waals surface area contributed by atoms with Gasteiger partial charge in [0.2, 0.25) is 0 Å². The lowest BCUT2D eigenvalue weighted by Gasteiger charge is -2.14. The first-order valence-corrected chi connectivity index (χ1v) is 37.8. The Labute approximate surface area is 645 Å². The zero-order valence-electron chi connectivity index (χ0n) is 60.6. The molecule has 0 bridgehead atoms. The van der Waals surface area contributed by atoms with Gasteiger partial charge in [0.1, 0.15) is 22.3 Å². The van der Waals surface area contributed by atoms with Gasteiger partial charge in [-0.2, -0.15) is 0 Å². The molecule has 0 atom stereocenters. The first-order valence-electron chi connectivity index (χ1n) is 37.8. The Kier molecular flexibility index (Phi) is 16.1. The van der Waals surface area contributed by atoms with Crippen molar-refractivity contribution in [2.24, 2.45) is 0 Å². The zero-order chi connectivity index (χ0) is 74.0. The molecule has 0 aliphatic heterocycles. The Morgan fingerprint density at radius 3 is 0.804 bits per heavy atom. The van der Waals surface area contributed by atoms with Crippen LogP contribution in [0.25, 0.3) is 211 Å². The molecule has 16 aromatic carbocycles. The van der Waals surface area contributed by atoms with E-state index in [2.05, 4.69) is 355 Å². The minimum absolute atomic E-state index is 0.676. The van der Waals surface area contributed by atoms with Crippen LogP contribution in [0.5, 0.6) is 0 Å². The predicted octanol–water partition coefficient (Wildman–Crippen LogP) is 27.6. The molecule has 0 spiro atoms. The maximum atomic E-state index is 6.21. The van der Waals surface area contributed by atoms with E-state index in [0.717, 1.165) is 145 Å². The number of aromatic nitrogens is 6. The van der Waals surface area contributed by atoms with Gasteiger partial charge < -0.3 is 18.0 Å². The van der Waals surface area contributed by atoms with Gasteiger partial charge in [0.15, 0.2) is 11.6 Å². The second-order valence-corrected chi connectivity index (χ2v) is 28.4. The molecule has 6 aromatic heterocycles. The van der Waals surface area contributed by atoms with Gasteiger partial charge >= 0.3 is 0 Å². The van der Waals surface area contributed by atoms with Crippen LogP contribution >= 0.6 is 0 Å². The van der Waals surface area contributed by atoms with Crippen LogP contribution in [-0.4, -0.2) is 29.1 Å². The molecule has 0 saturated carbocycles. The van der Waals surface area contributed by atoms with Gasteiger partial charge in [-0.05, 0) is 160 Å². The van der Waals surface area contributed by atoms with E-state index < -0.39 is 0 Å². The number of fused-ring (bicyclic) bond motifs is 12. The Bertz CT molecular complexity index is 6910. The van der Waals surface area contributed by atoms with E-state index in [0.29, 0.717) is 11.6 Å². The van der Waals surface area contributed by atoms with E-state index in [9.17, 15) is 0 Å². The predicted molar refractivity (Wildman–Crippen MR) is 462 cm³/mol. The quantitative estimate of drug-likeness (QED) is 0.121. The number of para-hydroxylation sites is 6. The summed E-state index contributed by atoms with van der Waals surface area (Å²) >= 11 is 0. The van der Waals surface area contributed by atoms with Crippen molar-refractivity contribution < 1.29 is 8.83 Å². The van der Waals surface area contributed by atoms with Crippen molar-refractivity contribution in [3.63, 3.8) is 0 Å².